The lowest BCUT2D eigenvalue weighted by Crippen LogP contribution is -2.07. The lowest BCUT2D eigenvalue weighted by Gasteiger charge is -2.03. The molecule has 0 radical (unpaired) electrons. The number of carbonyl (C=O) groups is 1. The van der Waals surface area contributed by atoms with Gasteiger partial charge in [-0.3, -0.25) is 9.78 Å². The minimum absolute atomic E-state index is 0.165. The maximum atomic E-state index is 11.9. The summed E-state index contributed by atoms with van der Waals surface area (Å²) in [5.74, 6) is -0.165. The standard InChI is InChI=1S/C20H16N2O/c23-20(22-19-11-13-21-14-12-19)10-9-16-5-4-8-18(15-16)17-6-2-1-3-7-17/h1-15H,(H,21,22,23)/b10-9+. The van der Waals surface area contributed by atoms with Gasteiger partial charge >= 0.3 is 0 Å². The zero-order valence-corrected chi connectivity index (χ0v) is 12.5. The first-order valence-corrected chi connectivity index (χ1v) is 7.36. The van der Waals surface area contributed by atoms with Gasteiger partial charge in [0.15, 0.2) is 0 Å². The Morgan fingerprint density at radius 3 is 2.39 bits per heavy atom. The van der Waals surface area contributed by atoms with Crippen LogP contribution >= 0.6 is 0 Å². The van der Waals surface area contributed by atoms with Gasteiger partial charge in [0.1, 0.15) is 0 Å². The Bertz CT molecular complexity index is 811. The van der Waals surface area contributed by atoms with Gasteiger partial charge in [-0.05, 0) is 41.0 Å². The van der Waals surface area contributed by atoms with E-state index in [4.69, 9.17) is 0 Å². The molecule has 112 valence electrons. The summed E-state index contributed by atoms with van der Waals surface area (Å²) in [6, 6.07) is 21.7. The van der Waals surface area contributed by atoms with Crippen LogP contribution in [0.4, 0.5) is 5.69 Å². The minimum atomic E-state index is -0.165. The highest BCUT2D eigenvalue weighted by molar-refractivity contribution is 6.01. The molecule has 0 unspecified atom stereocenters. The molecule has 3 nitrogen and oxygen atoms in total. The first-order valence-electron chi connectivity index (χ1n) is 7.36. The highest BCUT2D eigenvalue weighted by atomic mass is 16.1. The van der Waals surface area contributed by atoms with Crippen molar-refractivity contribution in [2.45, 2.75) is 0 Å². The van der Waals surface area contributed by atoms with Crippen LogP contribution in [0.3, 0.4) is 0 Å². The molecular formula is C20H16N2O. The van der Waals surface area contributed by atoms with Crippen molar-refractivity contribution in [2.75, 3.05) is 5.32 Å². The van der Waals surface area contributed by atoms with Crippen LogP contribution in [0.5, 0.6) is 0 Å². The second kappa shape index (κ2) is 7.18. The van der Waals surface area contributed by atoms with Gasteiger partial charge in [-0.15, -0.1) is 0 Å². The fourth-order valence-corrected chi connectivity index (χ4v) is 2.24. The monoisotopic (exact) mass is 300 g/mol. The molecule has 3 rings (SSSR count). The summed E-state index contributed by atoms with van der Waals surface area (Å²) < 4.78 is 0. The maximum absolute atomic E-state index is 11.9. The first-order chi connectivity index (χ1) is 11.3. The minimum Gasteiger partial charge on any atom is -0.322 e. The molecule has 1 heterocycles. The van der Waals surface area contributed by atoms with E-state index in [0.29, 0.717) is 0 Å². The van der Waals surface area contributed by atoms with Crippen LogP contribution in [0, 0.1) is 0 Å². The molecule has 23 heavy (non-hydrogen) atoms. The number of nitrogens with one attached hydrogen (secondary N) is 1. The van der Waals surface area contributed by atoms with E-state index < -0.39 is 0 Å². The highest BCUT2D eigenvalue weighted by Crippen LogP contribution is 2.20. The number of hydrogen-bond donors (Lipinski definition) is 1. The molecule has 0 fully saturated rings. The van der Waals surface area contributed by atoms with Crippen molar-refractivity contribution in [3.63, 3.8) is 0 Å². The number of rotatable bonds is 4. The second-order valence-electron chi connectivity index (χ2n) is 5.05. The Labute approximate surface area is 135 Å². The number of hydrogen-bond acceptors (Lipinski definition) is 2. The van der Waals surface area contributed by atoms with Crippen LogP contribution in [0.15, 0.2) is 85.2 Å². The average Bonchev–Trinajstić information content (AvgIpc) is 2.62. The van der Waals surface area contributed by atoms with Gasteiger partial charge in [0.2, 0.25) is 5.91 Å². The Hall–Kier alpha value is -3.20. The van der Waals surface area contributed by atoms with Crippen LogP contribution < -0.4 is 5.32 Å². The second-order valence-corrected chi connectivity index (χ2v) is 5.05. The molecule has 0 aliphatic carbocycles. The maximum Gasteiger partial charge on any atom is 0.248 e. The number of anilines is 1. The van der Waals surface area contributed by atoms with Crippen LogP contribution in [0.2, 0.25) is 0 Å². The molecule has 3 aromatic rings. The third-order valence-electron chi connectivity index (χ3n) is 3.37. The van der Waals surface area contributed by atoms with E-state index in [1.54, 1.807) is 24.5 Å². The first kappa shape index (κ1) is 14.7. The number of aromatic nitrogens is 1. The Morgan fingerprint density at radius 1 is 0.870 bits per heavy atom. The van der Waals surface area contributed by atoms with Crippen molar-refractivity contribution in [1.29, 1.82) is 0 Å². The molecule has 2 aromatic carbocycles. The average molecular weight is 300 g/mol. The Kier molecular flexibility index (Phi) is 4.60. The Balaban J connectivity index is 1.71. The van der Waals surface area contributed by atoms with Gasteiger partial charge in [-0.1, -0.05) is 48.5 Å². The van der Waals surface area contributed by atoms with Crippen molar-refractivity contribution in [3.05, 3.63) is 90.8 Å². The SMILES string of the molecule is O=C(/C=C/c1cccc(-c2ccccc2)c1)Nc1ccncc1. The zero-order chi connectivity index (χ0) is 15.9. The molecule has 0 bridgehead atoms. The molecule has 0 atom stereocenters. The summed E-state index contributed by atoms with van der Waals surface area (Å²) in [7, 11) is 0. The summed E-state index contributed by atoms with van der Waals surface area (Å²) in [6.07, 6.45) is 6.62. The van der Waals surface area contributed by atoms with E-state index in [9.17, 15) is 4.79 Å². The predicted octanol–water partition coefficient (Wildman–Crippen LogP) is 4.40. The fourth-order valence-electron chi connectivity index (χ4n) is 2.24. The number of nitrogens with zero attached hydrogens (tertiary/aromatic N) is 1. The summed E-state index contributed by atoms with van der Waals surface area (Å²) in [4.78, 5) is 15.8. The van der Waals surface area contributed by atoms with E-state index in [0.717, 1.165) is 22.4 Å². The molecule has 0 aliphatic rings. The number of carbonyl (C=O) groups excluding carboxylic acids is 1. The number of benzene rings is 2. The number of pyridine rings is 1. The molecule has 3 heteroatoms. The summed E-state index contributed by atoms with van der Waals surface area (Å²) >= 11 is 0. The Morgan fingerprint density at radius 2 is 1.61 bits per heavy atom. The topological polar surface area (TPSA) is 42.0 Å². The van der Waals surface area contributed by atoms with Crippen LogP contribution in [0.1, 0.15) is 5.56 Å². The lowest BCUT2D eigenvalue weighted by molar-refractivity contribution is -0.111. The van der Waals surface area contributed by atoms with E-state index in [1.807, 2.05) is 36.4 Å². The van der Waals surface area contributed by atoms with Crippen molar-refractivity contribution < 1.29 is 4.79 Å². The third-order valence-corrected chi connectivity index (χ3v) is 3.37. The van der Waals surface area contributed by atoms with Crippen molar-refractivity contribution in [3.8, 4) is 11.1 Å². The normalized spacial score (nSPS) is 10.6. The van der Waals surface area contributed by atoms with Crippen LogP contribution in [-0.2, 0) is 4.79 Å². The van der Waals surface area contributed by atoms with Gasteiger partial charge in [0.05, 0.1) is 0 Å². The smallest absolute Gasteiger partial charge is 0.248 e. The largest absolute Gasteiger partial charge is 0.322 e. The molecule has 0 spiro atoms. The predicted molar refractivity (Wildman–Crippen MR) is 93.8 cm³/mol. The molecule has 0 saturated heterocycles. The fraction of sp³-hybridized carbons (Fsp3) is 0. The molecule has 1 N–H and O–H groups in total. The van der Waals surface area contributed by atoms with Crippen LogP contribution in [0.25, 0.3) is 17.2 Å². The molecule has 1 amide bonds. The van der Waals surface area contributed by atoms with Crippen molar-refractivity contribution >= 4 is 17.7 Å². The zero-order valence-electron chi connectivity index (χ0n) is 12.5. The van der Waals surface area contributed by atoms with Gasteiger partial charge in [-0.2, -0.15) is 0 Å². The molecule has 0 saturated carbocycles. The highest BCUT2D eigenvalue weighted by Gasteiger charge is 1.99. The van der Waals surface area contributed by atoms with Gasteiger partial charge in [0, 0.05) is 24.2 Å². The van der Waals surface area contributed by atoms with Crippen molar-refractivity contribution in [2.24, 2.45) is 0 Å². The van der Waals surface area contributed by atoms with Gasteiger partial charge in [-0.25, -0.2) is 0 Å². The summed E-state index contributed by atoms with van der Waals surface area (Å²) in [6.45, 7) is 0. The van der Waals surface area contributed by atoms with Crippen molar-refractivity contribution in [1.82, 2.24) is 4.98 Å². The van der Waals surface area contributed by atoms with E-state index in [-0.39, 0.29) is 5.91 Å². The third kappa shape index (κ3) is 4.14. The quantitative estimate of drug-likeness (QED) is 0.726. The summed E-state index contributed by atoms with van der Waals surface area (Å²) in [5.41, 5.74) is 4.00. The molecule has 0 aliphatic heterocycles. The lowest BCUT2D eigenvalue weighted by atomic mass is 10.0. The molecule has 1 aromatic heterocycles. The van der Waals surface area contributed by atoms with Gasteiger partial charge < -0.3 is 5.32 Å². The molecular weight excluding hydrogens is 284 g/mol. The van der Waals surface area contributed by atoms with Crippen LogP contribution in [-0.4, -0.2) is 10.9 Å². The van der Waals surface area contributed by atoms with E-state index in [2.05, 4.69) is 34.6 Å². The van der Waals surface area contributed by atoms with Gasteiger partial charge in [0.25, 0.3) is 0 Å². The van der Waals surface area contributed by atoms with E-state index >= 15 is 0 Å². The number of amides is 1. The summed E-state index contributed by atoms with van der Waals surface area (Å²) in [5, 5.41) is 2.79. The van der Waals surface area contributed by atoms with E-state index in [1.165, 1.54) is 6.08 Å².